The molecule has 0 aliphatic rings. The maximum absolute atomic E-state index is 4.53. The highest BCUT2D eigenvalue weighted by molar-refractivity contribution is 5.62. The molecule has 0 spiro atoms. The van der Waals surface area contributed by atoms with Crippen LogP contribution in [0.2, 0.25) is 0 Å². The van der Waals surface area contributed by atoms with Crippen molar-refractivity contribution in [1.29, 1.82) is 0 Å². The highest BCUT2D eigenvalue weighted by Crippen LogP contribution is 2.21. The van der Waals surface area contributed by atoms with Gasteiger partial charge in [-0.2, -0.15) is 4.57 Å². The smallest absolute Gasteiger partial charge is 0.233 e. The van der Waals surface area contributed by atoms with Crippen LogP contribution in [0.3, 0.4) is 0 Å². The van der Waals surface area contributed by atoms with Crippen molar-refractivity contribution in [3.63, 3.8) is 0 Å². The summed E-state index contributed by atoms with van der Waals surface area (Å²) in [4.78, 5) is 4.53. The maximum atomic E-state index is 4.53. The van der Waals surface area contributed by atoms with Gasteiger partial charge in [0.25, 0.3) is 0 Å². The van der Waals surface area contributed by atoms with Crippen molar-refractivity contribution in [2.24, 2.45) is 7.05 Å². The zero-order valence-corrected chi connectivity index (χ0v) is 10.3. The van der Waals surface area contributed by atoms with Crippen molar-refractivity contribution in [3.8, 4) is 11.3 Å². The minimum absolute atomic E-state index is 1.05. The van der Waals surface area contributed by atoms with Gasteiger partial charge in [0, 0.05) is 0 Å². The molecule has 0 aliphatic carbocycles. The first-order valence-corrected chi connectivity index (χ1v) is 5.49. The van der Waals surface area contributed by atoms with Gasteiger partial charge >= 0.3 is 0 Å². The lowest BCUT2D eigenvalue weighted by molar-refractivity contribution is -0.661. The van der Waals surface area contributed by atoms with Gasteiger partial charge in [-0.05, 0) is 32.4 Å². The lowest BCUT2D eigenvalue weighted by Crippen LogP contribution is -2.33. The molecule has 0 aliphatic heterocycles. The number of benzene rings is 1. The Balaban J connectivity index is 2.70. The summed E-state index contributed by atoms with van der Waals surface area (Å²) in [6, 6.07) is 8.42. The van der Waals surface area contributed by atoms with Crippen LogP contribution in [0.25, 0.3) is 11.3 Å². The molecule has 1 aromatic heterocycles. The molecule has 2 nitrogen and oxygen atoms in total. The van der Waals surface area contributed by atoms with Crippen molar-refractivity contribution in [1.82, 2.24) is 4.98 Å². The molecule has 0 amide bonds. The second kappa shape index (κ2) is 4.05. The number of rotatable bonds is 1. The molecule has 0 bridgehead atoms. The highest BCUT2D eigenvalue weighted by atomic mass is 15.0. The monoisotopic (exact) mass is 213 g/mol. The van der Waals surface area contributed by atoms with Crippen molar-refractivity contribution in [3.05, 3.63) is 47.4 Å². The van der Waals surface area contributed by atoms with Gasteiger partial charge < -0.3 is 0 Å². The summed E-state index contributed by atoms with van der Waals surface area (Å²) in [5.41, 5.74) is 5.87. The van der Waals surface area contributed by atoms with Gasteiger partial charge in [0.2, 0.25) is 5.69 Å². The zero-order chi connectivity index (χ0) is 11.7. The number of aryl methyl sites for hydroxylation is 4. The molecule has 2 aromatic rings. The Hall–Kier alpha value is -1.70. The lowest BCUT2D eigenvalue weighted by atomic mass is 10.0. The third-order valence-corrected chi connectivity index (χ3v) is 2.82. The Bertz CT molecular complexity index is 507. The Labute approximate surface area is 96.6 Å². The predicted octanol–water partition coefficient (Wildman–Crippen LogP) is 2.50. The van der Waals surface area contributed by atoms with E-state index in [9.17, 15) is 0 Å². The SMILES string of the molecule is Cc1c[n+](C)c(-c2ccccc2C)c(C)n1. The van der Waals surface area contributed by atoms with E-state index < -0.39 is 0 Å². The standard InChI is InChI=1S/C14H17N2/c1-10-7-5-6-8-13(10)14-12(3)15-11(2)9-16(14)4/h5-9H,1-4H3/q+1. The van der Waals surface area contributed by atoms with Crippen LogP contribution in [-0.4, -0.2) is 4.98 Å². The van der Waals surface area contributed by atoms with E-state index in [0.29, 0.717) is 0 Å². The summed E-state index contributed by atoms with van der Waals surface area (Å²) >= 11 is 0. The van der Waals surface area contributed by atoms with E-state index in [4.69, 9.17) is 0 Å². The third kappa shape index (κ3) is 1.83. The first-order valence-electron chi connectivity index (χ1n) is 5.49. The van der Waals surface area contributed by atoms with Crippen LogP contribution in [0.5, 0.6) is 0 Å². The summed E-state index contributed by atoms with van der Waals surface area (Å²) in [6.07, 6.45) is 2.06. The molecule has 0 saturated carbocycles. The fourth-order valence-corrected chi connectivity index (χ4v) is 2.17. The average Bonchev–Trinajstić information content (AvgIpc) is 2.19. The van der Waals surface area contributed by atoms with E-state index >= 15 is 0 Å². The van der Waals surface area contributed by atoms with Gasteiger partial charge in [0.1, 0.15) is 18.4 Å². The first kappa shape index (κ1) is 10.8. The van der Waals surface area contributed by atoms with Gasteiger partial charge in [-0.25, -0.2) is 4.98 Å². The molecule has 0 fully saturated rings. The van der Waals surface area contributed by atoms with E-state index in [0.717, 1.165) is 11.4 Å². The van der Waals surface area contributed by atoms with Crippen LogP contribution < -0.4 is 4.57 Å². The van der Waals surface area contributed by atoms with E-state index in [1.807, 2.05) is 6.92 Å². The lowest BCUT2D eigenvalue weighted by Gasteiger charge is -2.06. The summed E-state index contributed by atoms with van der Waals surface area (Å²) in [5, 5.41) is 0. The number of nitrogens with zero attached hydrogens (tertiary/aromatic N) is 2. The second-order valence-corrected chi connectivity index (χ2v) is 4.24. The molecule has 2 rings (SSSR count). The van der Waals surface area contributed by atoms with E-state index in [-0.39, 0.29) is 0 Å². The fourth-order valence-electron chi connectivity index (χ4n) is 2.17. The number of hydrogen-bond acceptors (Lipinski definition) is 1. The molecule has 82 valence electrons. The molecule has 2 heteroatoms. The maximum Gasteiger partial charge on any atom is 0.233 e. The van der Waals surface area contributed by atoms with Crippen LogP contribution in [0, 0.1) is 20.8 Å². The van der Waals surface area contributed by atoms with Crippen molar-refractivity contribution < 1.29 is 4.57 Å². The molecule has 0 atom stereocenters. The second-order valence-electron chi connectivity index (χ2n) is 4.24. The molecular formula is C14H17N2+. The first-order chi connectivity index (χ1) is 7.59. The minimum Gasteiger partial charge on any atom is -0.245 e. The summed E-state index contributed by atoms with van der Waals surface area (Å²) in [5.74, 6) is 0. The normalized spacial score (nSPS) is 10.5. The molecule has 0 radical (unpaired) electrons. The average molecular weight is 213 g/mol. The van der Waals surface area contributed by atoms with Crippen LogP contribution in [0.4, 0.5) is 0 Å². The third-order valence-electron chi connectivity index (χ3n) is 2.82. The molecule has 16 heavy (non-hydrogen) atoms. The topological polar surface area (TPSA) is 16.8 Å². The van der Waals surface area contributed by atoms with Crippen molar-refractivity contribution in [2.45, 2.75) is 20.8 Å². The van der Waals surface area contributed by atoms with Crippen LogP contribution in [0.1, 0.15) is 17.0 Å². The van der Waals surface area contributed by atoms with Gasteiger partial charge in [-0.3, -0.25) is 0 Å². The summed E-state index contributed by atoms with van der Waals surface area (Å²) < 4.78 is 2.15. The quantitative estimate of drug-likeness (QED) is 0.665. The molecule has 1 aromatic carbocycles. The Morgan fingerprint density at radius 3 is 2.38 bits per heavy atom. The Morgan fingerprint density at radius 2 is 1.75 bits per heavy atom. The molecule has 1 heterocycles. The van der Waals surface area contributed by atoms with Crippen molar-refractivity contribution in [2.75, 3.05) is 0 Å². The van der Waals surface area contributed by atoms with Gasteiger partial charge in [-0.15, -0.1) is 0 Å². The zero-order valence-electron chi connectivity index (χ0n) is 10.3. The fraction of sp³-hybridized carbons (Fsp3) is 0.286. The van der Waals surface area contributed by atoms with Gasteiger partial charge in [0.15, 0.2) is 6.20 Å². The van der Waals surface area contributed by atoms with Crippen LogP contribution in [-0.2, 0) is 7.05 Å². The highest BCUT2D eigenvalue weighted by Gasteiger charge is 2.16. The van der Waals surface area contributed by atoms with Crippen LogP contribution >= 0.6 is 0 Å². The van der Waals surface area contributed by atoms with Crippen LogP contribution in [0.15, 0.2) is 30.5 Å². The largest absolute Gasteiger partial charge is 0.245 e. The Kier molecular flexibility index (Phi) is 2.73. The summed E-state index contributed by atoms with van der Waals surface area (Å²) in [6.45, 7) is 6.22. The van der Waals surface area contributed by atoms with E-state index in [1.54, 1.807) is 0 Å². The van der Waals surface area contributed by atoms with E-state index in [1.165, 1.54) is 16.8 Å². The molecule has 0 N–H and O–H groups in total. The Morgan fingerprint density at radius 1 is 1.06 bits per heavy atom. The minimum atomic E-state index is 1.05. The molecule has 0 unspecified atom stereocenters. The molecular weight excluding hydrogens is 196 g/mol. The predicted molar refractivity (Wildman–Crippen MR) is 65.1 cm³/mol. The van der Waals surface area contributed by atoms with Gasteiger partial charge in [-0.1, -0.05) is 18.2 Å². The van der Waals surface area contributed by atoms with E-state index in [2.05, 4.69) is 60.9 Å². The van der Waals surface area contributed by atoms with Crippen molar-refractivity contribution >= 4 is 0 Å². The summed E-state index contributed by atoms with van der Waals surface area (Å²) in [7, 11) is 2.07. The molecule has 0 saturated heterocycles. The number of aromatic nitrogens is 2. The van der Waals surface area contributed by atoms with Gasteiger partial charge in [0.05, 0.1) is 5.56 Å². The number of hydrogen-bond donors (Lipinski definition) is 0.